The SMILES string of the molecule is CCCn1cc(CNc2c3ccccc3nc3c2oc2ccccc23)nn1. The van der Waals surface area contributed by atoms with Crippen LogP contribution in [0.4, 0.5) is 5.69 Å². The van der Waals surface area contributed by atoms with Crippen LogP contribution in [0.5, 0.6) is 0 Å². The van der Waals surface area contributed by atoms with Crippen LogP contribution in [0.15, 0.2) is 59.1 Å². The minimum atomic E-state index is 0.573. The molecule has 2 aromatic carbocycles. The Morgan fingerprint density at radius 1 is 1.04 bits per heavy atom. The molecule has 134 valence electrons. The maximum atomic E-state index is 6.16. The number of anilines is 1. The molecule has 0 bridgehead atoms. The maximum absolute atomic E-state index is 6.16. The summed E-state index contributed by atoms with van der Waals surface area (Å²) in [5, 5.41) is 14.0. The van der Waals surface area contributed by atoms with Crippen LogP contribution in [0.3, 0.4) is 0 Å². The van der Waals surface area contributed by atoms with Crippen LogP contribution in [0.25, 0.3) is 33.0 Å². The highest BCUT2D eigenvalue weighted by Gasteiger charge is 2.16. The largest absolute Gasteiger partial charge is 0.452 e. The van der Waals surface area contributed by atoms with Gasteiger partial charge < -0.3 is 9.73 Å². The lowest BCUT2D eigenvalue weighted by atomic mass is 10.1. The summed E-state index contributed by atoms with van der Waals surface area (Å²) in [6.07, 6.45) is 3.01. The van der Waals surface area contributed by atoms with Gasteiger partial charge in [0.25, 0.3) is 0 Å². The Hall–Kier alpha value is -3.41. The molecular formula is C21H19N5O. The zero-order chi connectivity index (χ0) is 18.2. The average Bonchev–Trinajstić information content (AvgIpc) is 3.30. The highest BCUT2D eigenvalue weighted by molar-refractivity contribution is 6.13. The fraction of sp³-hybridized carbons (Fsp3) is 0.190. The molecule has 0 aliphatic heterocycles. The van der Waals surface area contributed by atoms with E-state index in [1.807, 2.05) is 53.3 Å². The summed E-state index contributed by atoms with van der Waals surface area (Å²) < 4.78 is 8.03. The van der Waals surface area contributed by atoms with E-state index in [9.17, 15) is 0 Å². The molecule has 0 saturated carbocycles. The first kappa shape index (κ1) is 15.8. The molecule has 3 aromatic heterocycles. The van der Waals surface area contributed by atoms with E-state index in [0.29, 0.717) is 6.54 Å². The number of nitrogens with one attached hydrogen (secondary N) is 1. The van der Waals surface area contributed by atoms with Gasteiger partial charge in [-0.1, -0.05) is 42.5 Å². The number of nitrogens with zero attached hydrogens (tertiary/aromatic N) is 4. The zero-order valence-electron chi connectivity index (χ0n) is 15.0. The summed E-state index contributed by atoms with van der Waals surface area (Å²) in [5.74, 6) is 0. The second kappa shape index (κ2) is 6.39. The van der Waals surface area contributed by atoms with Crippen LogP contribution in [0, 0.1) is 0 Å². The Balaban J connectivity index is 1.63. The van der Waals surface area contributed by atoms with Gasteiger partial charge in [-0.15, -0.1) is 5.10 Å². The van der Waals surface area contributed by atoms with E-state index in [4.69, 9.17) is 9.40 Å². The molecule has 1 N–H and O–H groups in total. The Labute approximate surface area is 155 Å². The van der Waals surface area contributed by atoms with Gasteiger partial charge in [0.2, 0.25) is 0 Å². The summed E-state index contributed by atoms with van der Waals surface area (Å²) >= 11 is 0. The van der Waals surface area contributed by atoms with Gasteiger partial charge in [0.05, 0.1) is 23.9 Å². The van der Waals surface area contributed by atoms with E-state index in [0.717, 1.165) is 57.3 Å². The molecule has 27 heavy (non-hydrogen) atoms. The van der Waals surface area contributed by atoms with Gasteiger partial charge in [-0.05, 0) is 24.6 Å². The summed E-state index contributed by atoms with van der Waals surface area (Å²) in [7, 11) is 0. The first-order valence-electron chi connectivity index (χ1n) is 9.16. The second-order valence-corrected chi connectivity index (χ2v) is 6.61. The highest BCUT2D eigenvalue weighted by Crippen LogP contribution is 2.36. The fourth-order valence-electron chi connectivity index (χ4n) is 3.45. The maximum Gasteiger partial charge on any atom is 0.177 e. The smallest absolute Gasteiger partial charge is 0.177 e. The van der Waals surface area contributed by atoms with Crippen LogP contribution in [-0.2, 0) is 13.1 Å². The second-order valence-electron chi connectivity index (χ2n) is 6.61. The normalized spacial score (nSPS) is 11.6. The minimum Gasteiger partial charge on any atom is -0.452 e. The molecule has 0 atom stereocenters. The number of furan rings is 1. The van der Waals surface area contributed by atoms with Crippen molar-refractivity contribution in [2.24, 2.45) is 0 Å². The van der Waals surface area contributed by atoms with Gasteiger partial charge >= 0.3 is 0 Å². The molecule has 5 aromatic rings. The first-order valence-corrected chi connectivity index (χ1v) is 9.16. The highest BCUT2D eigenvalue weighted by atomic mass is 16.3. The third-order valence-electron chi connectivity index (χ3n) is 4.69. The molecule has 3 heterocycles. The molecule has 6 nitrogen and oxygen atoms in total. The van der Waals surface area contributed by atoms with Crippen LogP contribution in [-0.4, -0.2) is 20.0 Å². The Bertz CT molecular complexity index is 1250. The van der Waals surface area contributed by atoms with Crippen molar-refractivity contribution in [3.05, 3.63) is 60.4 Å². The topological polar surface area (TPSA) is 68.8 Å². The number of fused-ring (bicyclic) bond motifs is 4. The molecule has 0 spiro atoms. The van der Waals surface area contributed by atoms with Crippen molar-refractivity contribution in [2.45, 2.75) is 26.4 Å². The lowest BCUT2D eigenvalue weighted by Crippen LogP contribution is -2.01. The average molecular weight is 357 g/mol. The molecule has 0 aliphatic rings. The Morgan fingerprint density at radius 3 is 2.74 bits per heavy atom. The summed E-state index contributed by atoms with van der Waals surface area (Å²) in [5.41, 5.74) is 5.27. The van der Waals surface area contributed by atoms with Crippen molar-refractivity contribution < 1.29 is 4.42 Å². The van der Waals surface area contributed by atoms with Crippen molar-refractivity contribution in [1.82, 2.24) is 20.0 Å². The van der Waals surface area contributed by atoms with Crippen LogP contribution < -0.4 is 5.32 Å². The standard InChI is InChI=1S/C21H19N5O/c1-2-11-26-13-14(24-25-26)12-22-19-15-7-3-5-9-17(15)23-20-16-8-4-6-10-18(16)27-21(19)20/h3-10,13H,2,11-12H2,1H3,(H,22,23). The first-order chi connectivity index (χ1) is 13.3. The number of para-hydroxylation sites is 2. The lowest BCUT2D eigenvalue weighted by molar-refractivity contribution is 0.579. The van der Waals surface area contributed by atoms with Crippen LogP contribution in [0.2, 0.25) is 0 Å². The van der Waals surface area contributed by atoms with Crippen molar-refractivity contribution in [3.63, 3.8) is 0 Å². The van der Waals surface area contributed by atoms with E-state index in [1.54, 1.807) is 0 Å². The monoisotopic (exact) mass is 357 g/mol. The van der Waals surface area contributed by atoms with E-state index in [1.165, 1.54) is 0 Å². The number of pyridine rings is 1. The number of hydrogen-bond acceptors (Lipinski definition) is 5. The number of aromatic nitrogens is 4. The van der Waals surface area contributed by atoms with Gasteiger partial charge in [0.15, 0.2) is 5.58 Å². The van der Waals surface area contributed by atoms with Crippen molar-refractivity contribution >= 4 is 38.7 Å². The molecule has 0 amide bonds. The number of benzene rings is 2. The third-order valence-corrected chi connectivity index (χ3v) is 4.69. The van der Waals surface area contributed by atoms with Crippen molar-refractivity contribution in [3.8, 4) is 0 Å². The molecular weight excluding hydrogens is 338 g/mol. The number of hydrogen-bond donors (Lipinski definition) is 1. The van der Waals surface area contributed by atoms with Crippen LogP contribution >= 0.6 is 0 Å². The Morgan fingerprint density at radius 2 is 1.85 bits per heavy atom. The van der Waals surface area contributed by atoms with Crippen LogP contribution in [0.1, 0.15) is 19.0 Å². The molecule has 0 fully saturated rings. The minimum absolute atomic E-state index is 0.573. The fourth-order valence-corrected chi connectivity index (χ4v) is 3.45. The molecule has 0 radical (unpaired) electrons. The Kier molecular flexibility index (Phi) is 3.74. The predicted octanol–water partition coefficient (Wildman–Crippen LogP) is 4.75. The lowest BCUT2D eigenvalue weighted by Gasteiger charge is -2.09. The van der Waals surface area contributed by atoms with Crippen molar-refractivity contribution in [2.75, 3.05) is 5.32 Å². The quantitative estimate of drug-likeness (QED) is 0.492. The molecule has 0 saturated heterocycles. The predicted molar refractivity (Wildman–Crippen MR) is 107 cm³/mol. The molecule has 6 heteroatoms. The molecule has 0 aliphatic carbocycles. The third kappa shape index (κ3) is 2.70. The van der Waals surface area contributed by atoms with Gasteiger partial charge in [0.1, 0.15) is 16.8 Å². The van der Waals surface area contributed by atoms with Crippen molar-refractivity contribution in [1.29, 1.82) is 0 Å². The summed E-state index contributed by atoms with van der Waals surface area (Å²) in [4.78, 5) is 4.84. The van der Waals surface area contributed by atoms with Gasteiger partial charge in [-0.2, -0.15) is 0 Å². The summed E-state index contributed by atoms with van der Waals surface area (Å²) in [6.45, 7) is 3.57. The molecule has 5 rings (SSSR count). The van der Waals surface area contributed by atoms with E-state index >= 15 is 0 Å². The van der Waals surface area contributed by atoms with E-state index in [2.05, 4.69) is 28.6 Å². The van der Waals surface area contributed by atoms with Gasteiger partial charge in [-0.25, -0.2) is 4.98 Å². The van der Waals surface area contributed by atoms with Gasteiger partial charge in [0, 0.05) is 17.3 Å². The zero-order valence-corrected chi connectivity index (χ0v) is 15.0. The summed E-state index contributed by atoms with van der Waals surface area (Å²) in [6, 6.07) is 16.1. The number of rotatable bonds is 5. The molecule has 0 unspecified atom stereocenters. The van der Waals surface area contributed by atoms with E-state index < -0.39 is 0 Å². The van der Waals surface area contributed by atoms with Gasteiger partial charge in [-0.3, -0.25) is 4.68 Å². The number of aryl methyl sites for hydroxylation is 1. The van der Waals surface area contributed by atoms with E-state index in [-0.39, 0.29) is 0 Å².